The summed E-state index contributed by atoms with van der Waals surface area (Å²) in [7, 11) is 0. The fourth-order valence-electron chi connectivity index (χ4n) is 3.15. The van der Waals surface area contributed by atoms with Crippen molar-refractivity contribution in [3.8, 4) is 0 Å². The van der Waals surface area contributed by atoms with Crippen LogP contribution in [0.25, 0.3) is 0 Å². The molecule has 0 saturated carbocycles. The first-order valence-electron chi connectivity index (χ1n) is 9.75. The van der Waals surface area contributed by atoms with Crippen LogP contribution in [0.2, 0.25) is 0 Å². The van der Waals surface area contributed by atoms with Gasteiger partial charge in [-0.15, -0.1) is 28.1 Å². The molecular formula is C22H26N4OS2. The second-order valence-electron chi connectivity index (χ2n) is 6.55. The van der Waals surface area contributed by atoms with Gasteiger partial charge in [-0.3, -0.25) is 4.79 Å². The highest BCUT2D eigenvalue weighted by Crippen LogP contribution is 2.24. The van der Waals surface area contributed by atoms with Gasteiger partial charge in [-0.1, -0.05) is 56.0 Å². The van der Waals surface area contributed by atoms with Crippen LogP contribution in [-0.2, 0) is 30.6 Å². The van der Waals surface area contributed by atoms with Gasteiger partial charge in [0.1, 0.15) is 5.82 Å². The maximum atomic E-state index is 12.6. The van der Waals surface area contributed by atoms with E-state index in [1.165, 1.54) is 16.6 Å². The van der Waals surface area contributed by atoms with E-state index in [9.17, 15) is 4.79 Å². The number of carbonyl (C=O) groups is 1. The minimum absolute atomic E-state index is 0.0291. The normalized spacial score (nSPS) is 10.8. The number of carbonyl (C=O) groups excluding carboxylic acids is 1. The Morgan fingerprint density at radius 2 is 1.97 bits per heavy atom. The first-order chi connectivity index (χ1) is 14.2. The van der Waals surface area contributed by atoms with Crippen molar-refractivity contribution >= 4 is 34.7 Å². The first-order valence-corrected chi connectivity index (χ1v) is 11.6. The van der Waals surface area contributed by atoms with Gasteiger partial charge in [-0.2, -0.15) is 0 Å². The summed E-state index contributed by atoms with van der Waals surface area (Å²) in [4.78, 5) is 13.9. The summed E-state index contributed by atoms with van der Waals surface area (Å²) in [6.07, 6.45) is 4.33. The van der Waals surface area contributed by atoms with Crippen LogP contribution in [0.4, 0.5) is 5.69 Å². The monoisotopic (exact) mass is 426 g/mol. The third kappa shape index (κ3) is 5.36. The summed E-state index contributed by atoms with van der Waals surface area (Å²) in [6, 6.07) is 10.3. The van der Waals surface area contributed by atoms with E-state index in [4.69, 9.17) is 0 Å². The second-order valence-corrected chi connectivity index (χ2v) is 8.52. The Bertz CT molecular complexity index is 941. The molecule has 0 aliphatic rings. The summed E-state index contributed by atoms with van der Waals surface area (Å²) in [5.74, 6) is 1.15. The molecule has 1 amide bonds. The van der Waals surface area contributed by atoms with E-state index in [0.29, 0.717) is 6.54 Å². The Hall–Kier alpha value is -2.38. The van der Waals surface area contributed by atoms with Crippen molar-refractivity contribution in [2.45, 2.75) is 44.8 Å². The molecule has 29 heavy (non-hydrogen) atoms. The lowest BCUT2D eigenvalue weighted by Gasteiger charge is -2.14. The molecule has 0 atom stereocenters. The minimum Gasteiger partial charge on any atom is -0.325 e. The van der Waals surface area contributed by atoms with Crippen molar-refractivity contribution < 1.29 is 4.79 Å². The molecule has 2 aromatic heterocycles. The molecule has 152 valence electrons. The van der Waals surface area contributed by atoms with Gasteiger partial charge in [-0.25, -0.2) is 0 Å². The average Bonchev–Trinajstić information content (AvgIpc) is 3.38. The molecular weight excluding hydrogens is 400 g/mol. The van der Waals surface area contributed by atoms with Gasteiger partial charge in [0.25, 0.3) is 0 Å². The number of thiophene rings is 1. The van der Waals surface area contributed by atoms with Crippen molar-refractivity contribution in [3.05, 3.63) is 70.2 Å². The molecule has 0 fully saturated rings. The maximum Gasteiger partial charge on any atom is 0.234 e. The fourth-order valence-corrected chi connectivity index (χ4v) is 4.61. The summed E-state index contributed by atoms with van der Waals surface area (Å²) >= 11 is 3.11. The van der Waals surface area contributed by atoms with Crippen molar-refractivity contribution in [2.24, 2.45) is 0 Å². The van der Waals surface area contributed by atoms with Crippen molar-refractivity contribution in [3.63, 3.8) is 0 Å². The zero-order chi connectivity index (χ0) is 20.6. The van der Waals surface area contributed by atoms with Crippen LogP contribution in [0, 0.1) is 0 Å². The number of thioether (sulfide) groups is 1. The Labute approximate surface area is 180 Å². The second kappa shape index (κ2) is 10.4. The minimum atomic E-state index is -0.0291. The van der Waals surface area contributed by atoms with Crippen LogP contribution < -0.4 is 5.32 Å². The van der Waals surface area contributed by atoms with Gasteiger partial charge in [0.2, 0.25) is 5.91 Å². The predicted octanol–water partition coefficient (Wildman–Crippen LogP) is 4.97. The third-order valence-electron chi connectivity index (χ3n) is 4.61. The Morgan fingerprint density at radius 1 is 1.21 bits per heavy atom. The number of aryl methyl sites for hydroxylation is 2. The molecule has 7 heteroatoms. The van der Waals surface area contributed by atoms with Gasteiger partial charge >= 0.3 is 0 Å². The van der Waals surface area contributed by atoms with Gasteiger partial charge in [0, 0.05) is 23.5 Å². The molecule has 1 N–H and O–H groups in total. The maximum absolute atomic E-state index is 12.6. The summed E-state index contributed by atoms with van der Waals surface area (Å²) < 4.78 is 2.03. The molecule has 0 saturated heterocycles. The highest BCUT2D eigenvalue weighted by Gasteiger charge is 2.15. The third-order valence-corrected chi connectivity index (χ3v) is 6.46. The van der Waals surface area contributed by atoms with Gasteiger partial charge in [0.05, 0.1) is 5.75 Å². The topological polar surface area (TPSA) is 59.8 Å². The molecule has 0 aliphatic heterocycles. The number of benzene rings is 1. The average molecular weight is 427 g/mol. The van der Waals surface area contributed by atoms with Crippen LogP contribution in [0.3, 0.4) is 0 Å². The predicted molar refractivity (Wildman–Crippen MR) is 122 cm³/mol. The smallest absolute Gasteiger partial charge is 0.234 e. The van der Waals surface area contributed by atoms with Gasteiger partial charge < -0.3 is 9.88 Å². The van der Waals surface area contributed by atoms with Gasteiger partial charge in [-0.05, 0) is 35.4 Å². The van der Waals surface area contributed by atoms with Crippen LogP contribution in [0.1, 0.15) is 35.7 Å². The molecule has 3 aromatic rings. The molecule has 0 bridgehead atoms. The summed E-state index contributed by atoms with van der Waals surface area (Å²) in [5, 5.41) is 14.6. The number of anilines is 1. The quantitative estimate of drug-likeness (QED) is 0.367. The van der Waals surface area contributed by atoms with Crippen molar-refractivity contribution in [1.82, 2.24) is 14.8 Å². The van der Waals surface area contributed by atoms with Crippen LogP contribution in [-0.4, -0.2) is 26.4 Å². The zero-order valence-electron chi connectivity index (χ0n) is 16.9. The molecule has 5 nitrogen and oxygen atoms in total. The molecule has 0 aliphatic carbocycles. The SMILES string of the molecule is C=CCn1c(Cc2cccs2)nnc1SCC(=O)Nc1c(CC)cccc1CC. The Kier molecular flexibility index (Phi) is 7.66. The van der Waals surface area contributed by atoms with E-state index in [1.807, 2.05) is 16.7 Å². The Balaban J connectivity index is 1.69. The number of hydrogen-bond acceptors (Lipinski definition) is 5. The van der Waals surface area contributed by atoms with Crippen molar-refractivity contribution in [2.75, 3.05) is 11.1 Å². The van der Waals surface area contributed by atoms with Crippen molar-refractivity contribution in [1.29, 1.82) is 0 Å². The standard InChI is InChI=1S/C22H26N4OS2/c1-4-12-26-19(14-18-11-8-13-28-18)24-25-22(26)29-15-20(27)23-21-16(5-2)9-7-10-17(21)6-3/h4,7-11,13H,1,5-6,12,14-15H2,2-3H3,(H,23,27). The Morgan fingerprint density at radius 3 is 2.59 bits per heavy atom. The van der Waals surface area contributed by atoms with Crippen LogP contribution in [0.5, 0.6) is 0 Å². The highest BCUT2D eigenvalue weighted by molar-refractivity contribution is 7.99. The highest BCUT2D eigenvalue weighted by atomic mass is 32.2. The van der Waals surface area contributed by atoms with E-state index in [1.54, 1.807) is 11.3 Å². The lowest BCUT2D eigenvalue weighted by Crippen LogP contribution is -2.17. The van der Waals surface area contributed by atoms with Crippen LogP contribution >= 0.6 is 23.1 Å². The number of nitrogens with zero attached hydrogens (tertiary/aromatic N) is 3. The van der Waals surface area contributed by atoms with E-state index in [2.05, 4.69) is 65.6 Å². The molecule has 2 heterocycles. The number of allylic oxidation sites excluding steroid dienone is 1. The molecule has 3 rings (SSSR count). The van der Waals surface area contributed by atoms with E-state index in [0.717, 1.165) is 47.1 Å². The number of para-hydroxylation sites is 1. The largest absolute Gasteiger partial charge is 0.325 e. The lowest BCUT2D eigenvalue weighted by molar-refractivity contribution is -0.113. The van der Waals surface area contributed by atoms with E-state index >= 15 is 0 Å². The van der Waals surface area contributed by atoms with E-state index in [-0.39, 0.29) is 11.7 Å². The lowest BCUT2D eigenvalue weighted by atomic mass is 10.0. The number of nitrogens with one attached hydrogen (secondary N) is 1. The van der Waals surface area contributed by atoms with Crippen LogP contribution in [0.15, 0.2) is 53.5 Å². The number of amides is 1. The number of hydrogen-bond donors (Lipinski definition) is 1. The molecule has 0 radical (unpaired) electrons. The molecule has 0 unspecified atom stereocenters. The fraction of sp³-hybridized carbons (Fsp3) is 0.318. The first kappa shape index (κ1) is 21.3. The molecule has 0 spiro atoms. The summed E-state index contributed by atoms with van der Waals surface area (Å²) in [5.41, 5.74) is 3.28. The summed E-state index contributed by atoms with van der Waals surface area (Å²) in [6.45, 7) is 8.67. The zero-order valence-corrected chi connectivity index (χ0v) is 18.5. The number of rotatable bonds is 10. The number of aromatic nitrogens is 3. The molecule has 1 aromatic carbocycles. The van der Waals surface area contributed by atoms with E-state index < -0.39 is 0 Å². The van der Waals surface area contributed by atoms with Gasteiger partial charge in [0.15, 0.2) is 5.16 Å².